The van der Waals surface area contributed by atoms with Crippen molar-refractivity contribution in [2.45, 2.75) is 66.2 Å². The summed E-state index contributed by atoms with van der Waals surface area (Å²) in [5.41, 5.74) is 0.0382. The third kappa shape index (κ3) is 1.41. The lowest BCUT2D eigenvalue weighted by Gasteiger charge is -2.43. The molecule has 0 heteroatoms. The molecule has 1 fully saturated rings. The van der Waals surface area contributed by atoms with E-state index in [9.17, 15) is 0 Å². The lowest BCUT2D eigenvalue weighted by atomic mass is 9.61. The molecule has 0 radical (unpaired) electrons. The van der Waals surface area contributed by atoms with E-state index in [0.717, 1.165) is 6.42 Å². The molecule has 72 valence electrons. The van der Waals surface area contributed by atoms with Crippen LogP contribution < -0.4 is 0 Å². The fraction of sp³-hybridized carbons (Fsp3) is 1.00. The minimum absolute atomic E-state index is 0.203. The molecule has 0 heterocycles. The average Bonchev–Trinajstić information content (AvgIpc) is 2.51. The summed E-state index contributed by atoms with van der Waals surface area (Å²) in [7, 11) is 0. The predicted molar refractivity (Wildman–Crippen MR) is 55.3 cm³/mol. The van der Waals surface area contributed by atoms with Gasteiger partial charge in [0.25, 0.3) is 0 Å². The van der Waals surface area contributed by atoms with E-state index in [1.165, 1.54) is 25.7 Å². The van der Waals surface area contributed by atoms with Crippen molar-refractivity contribution in [3.8, 4) is 0 Å². The van der Waals surface area contributed by atoms with E-state index in [-0.39, 0.29) is 10.8 Å². The normalized spacial score (nSPS) is 26.7. The molecule has 1 saturated carbocycles. The van der Waals surface area contributed by atoms with Crippen molar-refractivity contribution in [3.63, 3.8) is 0 Å². The Bertz CT molecular complexity index is 195. The minimum Gasteiger partial charge on any atom is -0.0649 e. The summed E-state index contributed by atoms with van der Waals surface area (Å²) in [6.07, 6.45) is 5.04. The van der Waals surface area contributed by atoms with Gasteiger partial charge in [-0.2, -0.15) is 0 Å². The third-order valence-corrected chi connectivity index (χ3v) is 4.19. The predicted octanol–water partition coefficient (Wildman–Crippen LogP) is 4.39. The zero-order chi connectivity index (χ0) is 11.0. The van der Waals surface area contributed by atoms with E-state index in [4.69, 9.17) is 2.74 Å². The largest absolute Gasteiger partial charge is 0.0649 e. The van der Waals surface area contributed by atoms with Crippen LogP contribution in [0.25, 0.3) is 0 Å². The van der Waals surface area contributed by atoms with Gasteiger partial charge in [-0.25, -0.2) is 0 Å². The maximum absolute atomic E-state index is 7.99. The van der Waals surface area contributed by atoms with Crippen molar-refractivity contribution in [1.29, 1.82) is 0 Å². The van der Waals surface area contributed by atoms with Gasteiger partial charge in [0.05, 0.1) is 0 Å². The van der Waals surface area contributed by atoms with Crippen LogP contribution in [0.1, 0.15) is 68.9 Å². The molecule has 1 aliphatic carbocycles. The summed E-state index contributed by atoms with van der Waals surface area (Å²) in [6, 6.07) is 0. The molecule has 0 aromatic heterocycles. The summed E-state index contributed by atoms with van der Waals surface area (Å²) < 4.78 is 16.0. The van der Waals surface area contributed by atoms with Crippen LogP contribution in [0.2, 0.25) is 0 Å². The van der Waals surface area contributed by atoms with Crippen LogP contribution in [0.5, 0.6) is 0 Å². The van der Waals surface area contributed by atoms with Crippen molar-refractivity contribution < 1.29 is 2.74 Å². The van der Waals surface area contributed by atoms with E-state index < -0.39 is 6.37 Å². The topological polar surface area (TPSA) is 0 Å². The summed E-state index contributed by atoms with van der Waals surface area (Å²) in [4.78, 5) is 0. The zero-order valence-electron chi connectivity index (χ0n) is 11.0. The smallest absolute Gasteiger partial charge is 0.0269 e. The van der Waals surface area contributed by atoms with Crippen LogP contribution in [0.4, 0.5) is 0 Å². The van der Waals surface area contributed by atoms with Crippen molar-refractivity contribution >= 4 is 0 Å². The molecule has 1 rings (SSSR count). The van der Waals surface area contributed by atoms with Crippen LogP contribution in [-0.2, 0) is 0 Å². The molecule has 1 aliphatic rings. The van der Waals surface area contributed by atoms with Crippen molar-refractivity contribution in [1.82, 2.24) is 0 Å². The summed E-state index contributed by atoms with van der Waals surface area (Å²) in [5.74, 6) is 0. The SMILES string of the molecule is [2H]C([2H])(C)C(C)(C)C1(CC)CCCC1. The summed E-state index contributed by atoms with van der Waals surface area (Å²) >= 11 is 0. The summed E-state index contributed by atoms with van der Waals surface area (Å²) in [5, 5.41) is 0. The Morgan fingerprint density at radius 1 is 1.25 bits per heavy atom. The number of rotatable bonds is 3. The monoisotopic (exact) mass is 170 g/mol. The van der Waals surface area contributed by atoms with Gasteiger partial charge in [-0.05, 0) is 30.1 Å². The van der Waals surface area contributed by atoms with E-state index in [1.807, 2.05) is 0 Å². The highest BCUT2D eigenvalue weighted by Crippen LogP contribution is 2.54. The number of hydrogen-bond donors (Lipinski definition) is 0. The molecule has 0 aromatic carbocycles. The van der Waals surface area contributed by atoms with Crippen LogP contribution >= 0.6 is 0 Å². The Hall–Kier alpha value is 0. The van der Waals surface area contributed by atoms with Gasteiger partial charge in [0, 0.05) is 2.74 Å². The van der Waals surface area contributed by atoms with Gasteiger partial charge in [0.15, 0.2) is 0 Å². The number of hydrogen-bond acceptors (Lipinski definition) is 0. The highest BCUT2D eigenvalue weighted by Gasteiger charge is 2.43. The first-order chi connectivity index (χ1) is 6.27. The molecule has 0 saturated heterocycles. The van der Waals surface area contributed by atoms with E-state index in [0.29, 0.717) is 0 Å². The van der Waals surface area contributed by atoms with Crippen LogP contribution in [0.3, 0.4) is 0 Å². The highest BCUT2D eigenvalue weighted by atomic mass is 14.5. The average molecular weight is 170 g/mol. The molecule has 0 aliphatic heterocycles. The fourth-order valence-electron chi connectivity index (χ4n) is 2.74. The second kappa shape index (κ2) is 3.40. The first-order valence-corrected chi connectivity index (χ1v) is 5.27. The summed E-state index contributed by atoms with van der Waals surface area (Å²) in [6.45, 7) is 8.19. The Morgan fingerprint density at radius 3 is 2.08 bits per heavy atom. The first-order valence-electron chi connectivity index (χ1n) is 6.27. The van der Waals surface area contributed by atoms with Crippen molar-refractivity contribution in [3.05, 3.63) is 0 Å². The van der Waals surface area contributed by atoms with Gasteiger partial charge in [-0.3, -0.25) is 0 Å². The molecular formula is C12H24. The Balaban J connectivity index is 2.99. The molecule has 12 heavy (non-hydrogen) atoms. The van der Waals surface area contributed by atoms with Gasteiger partial charge < -0.3 is 0 Å². The minimum atomic E-state index is -1.08. The molecule has 0 bridgehead atoms. The lowest BCUT2D eigenvalue weighted by molar-refractivity contribution is 0.0649. The van der Waals surface area contributed by atoms with Gasteiger partial charge in [-0.15, -0.1) is 0 Å². The van der Waals surface area contributed by atoms with Gasteiger partial charge in [0.2, 0.25) is 0 Å². The fourth-order valence-corrected chi connectivity index (χ4v) is 2.74. The molecule has 0 amide bonds. The van der Waals surface area contributed by atoms with E-state index >= 15 is 0 Å². The van der Waals surface area contributed by atoms with E-state index in [1.54, 1.807) is 6.92 Å². The second-order valence-electron chi connectivity index (χ2n) is 4.72. The lowest BCUT2D eigenvalue weighted by Crippen LogP contribution is -2.34. The molecule has 0 aromatic rings. The second-order valence-corrected chi connectivity index (χ2v) is 4.72. The quantitative estimate of drug-likeness (QED) is 0.589. The molecular weight excluding hydrogens is 144 g/mol. The molecule has 0 nitrogen and oxygen atoms in total. The Kier molecular flexibility index (Phi) is 2.10. The zero-order valence-corrected chi connectivity index (χ0v) is 9.04. The molecule has 0 N–H and O–H groups in total. The first kappa shape index (κ1) is 7.41. The van der Waals surface area contributed by atoms with Gasteiger partial charge in [0.1, 0.15) is 0 Å². The van der Waals surface area contributed by atoms with Crippen LogP contribution in [-0.4, -0.2) is 0 Å². The maximum atomic E-state index is 7.99. The Morgan fingerprint density at radius 2 is 1.75 bits per heavy atom. The standard InChI is InChI=1S/C12H24/c1-5-11(3,4)12(6-2)9-7-8-10-12/h5-10H2,1-4H3/i5D2. The third-order valence-electron chi connectivity index (χ3n) is 4.19. The molecule has 0 unspecified atom stereocenters. The van der Waals surface area contributed by atoms with Crippen LogP contribution in [0.15, 0.2) is 0 Å². The van der Waals surface area contributed by atoms with Gasteiger partial charge in [-0.1, -0.05) is 46.9 Å². The van der Waals surface area contributed by atoms with Crippen molar-refractivity contribution in [2.24, 2.45) is 10.8 Å². The Labute approximate surface area is 80.6 Å². The van der Waals surface area contributed by atoms with E-state index in [2.05, 4.69) is 20.8 Å². The molecule has 0 spiro atoms. The van der Waals surface area contributed by atoms with Gasteiger partial charge >= 0.3 is 0 Å². The highest BCUT2D eigenvalue weighted by molar-refractivity contribution is 4.94. The maximum Gasteiger partial charge on any atom is 0.0269 e. The van der Waals surface area contributed by atoms with Crippen molar-refractivity contribution in [2.75, 3.05) is 0 Å². The molecule has 0 atom stereocenters. The van der Waals surface area contributed by atoms with Crippen LogP contribution in [0, 0.1) is 10.8 Å².